The van der Waals surface area contributed by atoms with Crippen LogP contribution in [0.3, 0.4) is 0 Å². The van der Waals surface area contributed by atoms with E-state index in [0.717, 1.165) is 22.0 Å². The van der Waals surface area contributed by atoms with Gasteiger partial charge in [-0.2, -0.15) is 0 Å². The highest BCUT2D eigenvalue weighted by Crippen LogP contribution is 2.38. The van der Waals surface area contributed by atoms with Crippen LogP contribution in [0.1, 0.15) is 32.4 Å². The fraction of sp³-hybridized carbons (Fsp3) is 0.200. The Morgan fingerprint density at radius 2 is 1.88 bits per heavy atom. The van der Waals surface area contributed by atoms with Gasteiger partial charge in [0.2, 0.25) is 5.91 Å². The molecule has 0 N–H and O–H groups in total. The van der Waals surface area contributed by atoms with Crippen molar-refractivity contribution in [2.45, 2.75) is 12.5 Å². The standard InChI is InChI=1S/C25H22BrClN2O2S/c1-2-13-28(25(31)18-3-7-19(26)8-4-18)16-23(30)29-14-11-22-21(12-15-32-22)24(29)17-5-9-20(27)10-6-17/h2-10,12,15,24H,1,11,13-14,16H2. The summed E-state index contributed by atoms with van der Waals surface area (Å²) in [6.07, 6.45) is 2.46. The molecule has 0 aliphatic carbocycles. The third-order valence-electron chi connectivity index (χ3n) is 5.53. The van der Waals surface area contributed by atoms with E-state index in [1.165, 1.54) is 4.88 Å². The summed E-state index contributed by atoms with van der Waals surface area (Å²) in [5, 5.41) is 2.73. The van der Waals surface area contributed by atoms with Gasteiger partial charge < -0.3 is 9.80 Å². The van der Waals surface area contributed by atoms with Gasteiger partial charge in [-0.15, -0.1) is 17.9 Å². The molecular weight excluding hydrogens is 508 g/mol. The molecule has 4 rings (SSSR count). The molecule has 0 radical (unpaired) electrons. The van der Waals surface area contributed by atoms with Gasteiger partial charge in [0.15, 0.2) is 0 Å². The minimum atomic E-state index is -0.193. The van der Waals surface area contributed by atoms with E-state index in [0.29, 0.717) is 23.7 Å². The van der Waals surface area contributed by atoms with E-state index in [9.17, 15) is 9.59 Å². The lowest BCUT2D eigenvalue weighted by molar-refractivity contribution is -0.133. The second-order valence-corrected chi connectivity index (χ2v) is 9.92. The lowest BCUT2D eigenvalue weighted by Crippen LogP contribution is -2.46. The van der Waals surface area contributed by atoms with Gasteiger partial charge in [0.25, 0.3) is 5.91 Å². The van der Waals surface area contributed by atoms with Gasteiger partial charge in [-0.1, -0.05) is 45.7 Å². The highest BCUT2D eigenvalue weighted by atomic mass is 79.9. The summed E-state index contributed by atoms with van der Waals surface area (Å²) >= 11 is 11.2. The summed E-state index contributed by atoms with van der Waals surface area (Å²) in [7, 11) is 0. The maximum absolute atomic E-state index is 13.5. The molecule has 164 valence electrons. The van der Waals surface area contributed by atoms with Crippen LogP contribution in [0.2, 0.25) is 5.02 Å². The molecule has 1 atom stereocenters. The van der Waals surface area contributed by atoms with Gasteiger partial charge in [-0.25, -0.2) is 0 Å². The first-order chi connectivity index (χ1) is 15.5. The van der Waals surface area contributed by atoms with E-state index in [-0.39, 0.29) is 24.4 Å². The summed E-state index contributed by atoms with van der Waals surface area (Å²) in [5.41, 5.74) is 2.69. The van der Waals surface area contributed by atoms with Crippen molar-refractivity contribution in [3.05, 3.63) is 104 Å². The smallest absolute Gasteiger partial charge is 0.254 e. The predicted octanol–water partition coefficient (Wildman–Crippen LogP) is 5.97. The molecule has 7 heteroatoms. The van der Waals surface area contributed by atoms with E-state index >= 15 is 0 Å². The van der Waals surface area contributed by atoms with Gasteiger partial charge in [0.1, 0.15) is 6.54 Å². The van der Waals surface area contributed by atoms with E-state index in [1.54, 1.807) is 34.4 Å². The summed E-state index contributed by atoms with van der Waals surface area (Å²) in [6, 6.07) is 16.7. The van der Waals surface area contributed by atoms with Crippen molar-refractivity contribution in [2.75, 3.05) is 19.6 Å². The van der Waals surface area contributed by atoms with E-state index < -0.39 is 0 Å². The SMILES string of the molecule is C=CCN(CC(=O)N1CCc2sccc2C1c1ccc(Cl)cc1)C(=O)c1ccc(Br)cc1. The average Bonchev–Trinajstić information content (AvgIpc) is 3.28. The van der Waals surface area contributed by atoms with Crippen molar-refractivity contribution in [3.63, 3.8) is 0 Å². The Bertz CT molecular complexity index is 1130. The van der Waals surface area contributed by atoms with Crippen molar-refractivity contribution >= 4 is 50.7 Å². The molecule has 0 fully saturated rings. The maximum atomic E-state index is 13.5. The Hall–Kier alpha value is -2.41. The Morgan fingerprint density at radius 3 is 2.56 bits per heavy atom. The van der Waals surface area contributed by atoms with Crippen LogP contribution in [-0.2, 0) is 11.2 Å². The molecule has 2 heterocycles. The van der Waals surface area contributed by atoms with Crippen LogP contribution in [0.5, 0.6) is 0 Å². The minimum absolute atomic E-state index is 0.00945. The maximum Gasteiger partial charge on any atom is 0.254 e. The van der Waals surface area contributed by atoms with E-state index in [1.807, 2.05) is 41.3 Å². The molecular formula is C25H22BrClN2O2S. The number of carbonyl (C=O) groups excluding carboxylic acids is 2. The first-order valence-electron chi connectivity index (χ1n) is 10.2. The zero-order valence-electron chi connectivity index (χ0n) is 17.3. The van der Waals surface area contributed by atoms with E-state index in [2.05, 4.69) is 34.0 Å². The first kappa shape index (κ1) is 22.8. The summed E-state index contributed by atoms with van der Waals surface area (Å²) in [5.74, 6) is -0.281. The Balaban J connectivity index is 1.60. The summed E-state index contributed by atoms with van der Waals surface area (Å²) < 4.78 is 0.895. The number of halogens is 2. The molecule has 1 aliphatic heterocycles. The number of thiophene rings is 1. The molecule has 1 aliphatic rings. The number of rotatable bonds is 6. The molecule has 2 amide bonds. The fourth-order valence-corrected chi connectivity index (χ4v) is 5.29. The topological polar surface area (TPSA) is 40.6 Å². The normalized spacial score (nSPS) is 15.2. The van der Waals surface area contributed by atoms with Crippen LogP contribution in [-0.4, -0.2) is 41.2 Å². The van der Waals surface area contributed by atoms with Crippen molar-refractivity contribution < 1.29 is 9.59 Å². The van der Waals surface area contributed by atoms with Crippen molar-refractivity contribution in [3.8, 4) is 0 Å². The monoisotopic (exact) mass is 528 g/mol. The largest absolute Gasteiger partial charge is 0.330 e. The number of hydrogen-bond donors (Lipinski definition) is 0. The molecule has 0 saturated heterocycles. The highest BCUT2D eigenvalue weighted by Gasteiger charge is 2.34. The number of carbonyl (C=O) groups is 2. The number of benzene rings is 2. The molecule has 0 bridgehead atoms. The Labute approximate surface area is 205 Å². The zero-order valence-corrected chi connectivity index (χ0v) is 20.5. The molecule has 1 aromatic heterocycles. The number of hydrogen-bond acceptors (Lipinski definition) is 3. The van der Waals surface area contributed by atoms with Crippen LogP contribution < -0.4 is 0 Å². The third kappa shape index (κ3) is 4.82. The van der Waals surface area contributed by atoms with Gasteiger partial charge in [0.05, 0.1) is 6.04 Å². The molecule has 32 heavy (non-hydrogen) atoms. The van der Waals surface area contributed by atoms with Gasteiger partial charge in [0, 0.05) is 33.0 Å². The molecule has 4 nitrogen and oxygen atoms in total. The Kier molecular flexibility index (Phi) is 7.13. The number of fused-ring (bicyclic) bond motifs is 1. The predicted molar refractivity (Wildman–Crippen MR) is 133 cm³/mol. The van der Waals surface area contributed by atoms with Crippen LogP contribution in [0.4, 0.5) is 0 Å². The van der Waals surface area contributed by atoms with Gasteiger partial charge >= 0.3 is 0 Å². The molecule has 3 aromatic rings. The van der Waals surface area contributed by atoms with Gasteiger partial charge in [-0.05, 0) is 65.4 Å². The van der Waals surface area contributed by atoms with Crippen LogP contribution in [0.25, 0.3) is 0 Å². The van der Waals surface area contributed by atoms with Crippen LogP contribution in [0.15, 0.2) is 77.1 Å². The zero-order chi connectivity index (χ0) is 22.7. The average molecular weight is 530 g/mol. The summed E-state index contributed by atoms with van der Waals surface area (Å²) in [6.45, 7) is 4.66. The highest BCUT2D eigenvalue weighted by molar-refractivity contribution is 9.10. The van der Waals surface area contributed by atoms with E-state index in [4.69, 9.17) is 11.6 Å². The molecule has 1 unspecified atom stereocenters. The van der Waals surface area contributed by atoms with Crippen molar-refractivity contribution in [1.29, 1.82) is 0 Å². The third-order valence-corrected chi connectivity index (χ3v) is 7.30. The lowest BCUT2D eigenvalue weighted by atomic mass is 9.93. The van der Waals surface area contributed by atoms with Crippen LogP contribution >= 0.6 is 38.9 Å². The van der Waals surface area contributed by atoms with Crippen molar-refractivity contribution in [2.24, 2.45) is 0 Å². The molecule has 2 aromatic carbocycles. The fourth-order valence-electron chi connectivity index (χ4n) is 3.99. The second kappa shape index (κ2) is 10.0. The van der Waals surface area contributed by atoms with Crippen molar-refractivity contribution in [1.82, 2.24) is 9.80 Å². The summed E-state index contributed by atoms with van der Waals surface area (Å²) in [4.78, 5) is 31.3. The number of amides is 2. The second-order valence-electron chi connectivity index (χ2n) is 7.57. The molecule has 0 spiro atoms. The first-order valence-corrected chi connectivity index (χ1v) is 12.3. The molecule has 0 saturated carbocycles. The lowest BCUT2D eigenvalue weighted by Gasteiger charge is -2.37. The minimum Gasteiger partial charge on any atom is -0.330 e. The van der Waals surface area contributed by atoms with Gasteiger partial charge in [-0.3, -0.25) is 9.59 Å². The van der Waals surface area contributed by atoms with Crippen LogP contribution in [0, 0.1) is 0 Å². The quantitative estimate of drug-likeness (QED) is 0.369. The number of nitrogens with zero attached hydrogens (tertiary/aromatic N) is 2. The Morgan fingerprint density at radius 1 is 1.16 bits per heavy atom.